The van der Waals surface area contributed by atoms with Crippen molar-refractivity contribution in [2.75, 3.05) is 17.7 Å². The van der Waals surface area contributed by atoms with Crippen LogP contribution in [0.15, 0.2) is 36.4 Å². The Morgan fingerprint density at radius 1 is 1.00 bits per heavy atom. The third-order valence-corrected chi connectivity index (χ3v) is 4.08. The normalized spacial score (nSPS) is 10.2. The molecule has 0 spiro atoms. The van der Waals surface area contributed by atoms with Crippen LogP contribution in [0.25, 0.3) is 0 Å². The van der Waals surface area contributed by atoms with E-state index < -0.39 is 5.97 Å². The molecular formula is C17H19N3O4S. The fraction of sp³-hybridized carbons (Fsp3) is 0.235. The maximum absolute atomic E-state index is 12.3. The fourth-order valence-corrected chi connectivity index (χ4v) is 2.79. The van der Waals surface area contributed by atoms with Gasteiger partial charge in [-0.25, -0.2) is 9.59 Å². The number of carbonyl (C=O) groups is 3. The Kier molecular flexibility index (Phi) is 6.13. The highest BCUT2D eigenvalue weighted by molar-refractivity contribution is 7.16. The smallest absolute Gasteiger partial charge is 0.348 e. The average molecular weight is 361 g/mol. The Bertz CT molecular complexity index is 786. The lowest BCUT2D eigenvalue weighted by molar-refractivity contribution is 0.0606. The highest BCUT2D eigenvalue weighted by atomic mass is 32.1. The van der Waals surface area contributed by atoms with E-state index in [4.69, 9.17) is 0 Å². The van der Waals surface area contributed by atoms with E-state index in [-0.39, 0.29) is 18.0 Å². The number of nitrogens with one attached hydrogen (secondary N) is 3. The second-order valence-corrected chi connectivity index (χ2v) is 6.53. The van der Waals surface area contributed by atoms with Gasteiger partial charge in [0.25, 0.3) is 5.91 Å². The second-order valence-electron chi connectivity index (χ2n) is 5.44. The van der Waals surface area contributed by atoms with Gasteiger partial charge in [-0.3, -0.25) is 4.79 Å². The van der Waals surface area contributed by atoms with Crippen LogP contribution in [0.4, 0.5) is 16.2 Å². The average Bonchev–Trinajstić information content (AvgIpc) is 3.03. The molecule has 3 N–H and O–H groups in total. The van der Waals surface area contributed by atoms with Crippen LogP contribution in [-0.2, 0) is 4.74 Å². The van der Waals surface area contributed by atoms with Crippen molar-refractivity contribution in [3.8, 4) is 0 Å². The second kappa shape index (κ2) is 8.29. The number of urea groups is 1. The van der Waals surface area contributed by atoms with Gasteiger partial charge >= 0.3 is 12.0 Å². The number of methoxy groups -OCH3 is 1. The van der Waals surface area contributed by atoms with E-state index in [9.17, 15) is 14.4 Å². The molecule has 0 aliphatic rings. The summed E-state index contributed by atoms with van der Waals surface area (Å²) in [4.78, 5) is 36.2. The molecule has 0 radical (unpaired) electrons. The van der Waals surface area contributed by atoms with Crippen LogP contribution in [0.5, 0.6) is 0 Å². The molecule has 3 amide bonds. The van der Waals surface area contributed by atoms with Crippen molar-refractivity contribution in [2.24, 2.45) is 0 Å². The quantitative estimate of drug-likeness (QED) is 0.712. The van der Waals surface area contributed by atoms with Gasteiger partial charge in [-0.2, -0.15) is 0 Å². The van der Waals surface area contributed by atoms with Gasteiger partial charge in [0, 0.05) is 17.4 Å². The van der Waals surface area contributed by atoms with Crippen molar-refractivity contribution >= 4 is 40.6 Å². The van der Waals surface area contributed by atoms with Gasteiger partial charge in [0.05, 0.1) is 12.0 Å². The van der Waals surface area contributed by atoms with E-state index in [1.807, 2.05) is 13.8 Å². The minimum atomic E-state index is -0.480. The molecule has 25 heavy (non-hydrogen) atoms. The first-order valence-corrected chi connectivity index (χ1v) is 8.37. The van der Waals surface area contributed by atoms with E-state index in [1.54, 1.807) is 36.4 Å². The summed E-state index contributed by atoms with van der Waals surface area (Å²) in [5.74, 6) is -0.824. The number of ether oxygens (including phenoxy) is 1. The molecule has 0 saturated heterocycles. The predicted molar refractivity (Wildman–Crippen MR) is 97.3 cm³/mol. The van der Waals surface area contributed by atoms with Crippen LogP contribution < -0.4 is 16.0 Å². The molecule has 0 bridgehead atoms. The summed E-state index contributed by atoms with van der Waals surface area (Å²) >= 11 is 1.05. The number of carbonyl (C=O) groups excluding carboxylic acids is 3. The summed E-state index contributed by atoms with van der Waals surface area (Å²) in [5, 5.41) is 8.14. The molecule has 1 aromatic carbocycles. The van der Waals surface area contributed by atoms with Crippen LogP contribution in [0.3, 0.4) is 0 Å². The zero-order chi connectivity index (χ0) is 18.4. The van der Waals surface area contributed by atoms with Gasteiger partial charge < -0.3 is 20.7 Å². The summed E-state index contributed by atoms with van der Waals surface area (Å²) < 4.78 is 4.62. The largest absolute Gasteiger partial charge is 0.465 e. The van der Waals surface area contributed by atoms with Gasteiger partial charge in [-0.05, 0) is 44.2 Å². The molecule has 1 aromatic heterocycles. The van der Waals surface area contributed by atoms with Crippen molar-refractivity contribution in [2.45, 2.75) is 19.9 Å². The third-order valence-electron chi connectivity index (χ3n) is 3.01. The topological polar surface area (TPSA) is 96.5 Å². The highest BCUT2D eigenvalue weighted by Gasteiger charge is 2.14. The summed E-state index contributed by atoms with van der Waals surface area (Å²) in [6.07, 6.45) is 0. The van der Waals surface area contributed by atoms with E-state index >= 15 is 0 Å². The van der Waals surface area contributed by atoms with Gasteiger partial charge in [0.2, 0.25) is 0 Å². The van der Waals surface area contributed by atoms with Crippen molar-refractivity contribution in [1.29, 1.82) is 0 Å². The lowest BCUT2D eigenvalue weighted by Gasteiger charge is -2.11. The first-order valence-electron chi connectivity index (χ1n) is 7.56. The molecule has 0 fully saturated rings. The summed E-state index contributed by atoms with van der Waals surface area (Å²) in [7, 11) is 1.29. The van der Waals surface area contributed by atoms with Crippen molar-refractivity contribution in [3.05, 3.63) is 46.2 Å². The number of anilines is 2. The van der Waals surface area contributed by atoms with Crippen LogP contribution >= 0.6 is 11.3 Å². The molecular weight excluding hydrogens is 342 g/mol. The number of amides is 3. The Morgan fingerprint density at radius 2 is 1.64 bits per heavy atom. The zero-order valence-electron chi connectivity index (χ0n) is 14.1. The van der Waals surface area contributed by atoms with Crippen molar-refractivity contribution in [3.63, 3.8) is 0 Å². The molecule has 0 unspecified atom stereocenters. The zero-order valence-corrected chi connectivity index (χ0v) is 14.9. The van der Waals surface area contributed by atoms with Crippen LogP contribution in [0.1, 0.15) is 33.2 Å². The van der Waals surface area contributed by atoms with Crippen molar-refractivity contribution < 1.29 is 19.1 Å². The maximum atomic E-state index is 12.3. The predicted octanol–water partition coefficient (Wildman–Crippen LogP) is 3.32. The number of rotatable bonds is 5. The van der Waals surface area contributed by atoms with E-state index in [0.717, 1.165) is 11.3 Å². The minimum absolute atomic E-state index is 0.0192. The van der Waals surface area contributed by atoms with Crippen molar-refractivity contribution in [1.82, 2.24) is 5.32 Å². The fourth-order valence-electron chi connectivity index (χ4n) is 1.97. The lowest BCUT2D eigenvalue weighted by Crippen LogP contribution is -2.34. The molecule has 0 atom stereocenters. The standard InChI is InChI=1S/C17H19N3O4S/c1-10(2)18-17(23)20-12-6-4-5-11(9-12)19-15(21)13-7-8-14(25-13)16(22)24-3/h4-10H,1-3H3,(H,19,21)(H2,18,20,23). The maximum Gasteiger partial charge on any atom is 0.348 e. The number of hydrogen-bond donors (Lipinski definition) is 3. The highest BCUT2D eigenvalue weighted by Crippen LogP contribution is 2.20. The van der Waals surface area contributed by atoms with Gasteiger partial charge in [0.15, 0.2) is 0 Å². The summed E-state index contributed by atoms with van der Waals surface area (Å²) in [6, 6.07) is 9.59. The summed E-state index contributed by atoms with van der Waals surface area (Å²) in [5.41, 5.74) is 1.08. The summed E-state index contributed by atoms with van der Waals surface area (Å²) in [6.45, 7) is 3.72. The molecule has 8 heteroatoms. The molecule has 0 aliphatic carbocycles. The molecule has 0 saturated carbocycles. The molecule has 1 heterocycles. The third kappa shape index (κ3) is 5.32. The van der Waals surface area contributed by atoms with E-state index in [1.165, 1.54) is 7.11 Å². The molecule has 132 valence electrons. The van der Waals surface area contributed by atoms with Gasteiger partial charge in [-0.15, -0.1) is 11.3 Å². The molecule has 2 aromatic rings. The Hall–Kier alpha value is -2.87. The van der Waals surface area contributed by atoms with Gasteiger partial charge in [-0.1, -0.05) is 6.07 Å². The van der Waals surface area contributed by atoms with Gasteiger partial charge in [0.1, 0.15) is 4.88 Å². The Morgan fingerprint density at radius 3 is 2.28 bits per heavy atom. The Balaban J connectivity index is 2.03. The Labute approximate surface area is 149 Å². The lowest BCUT2D eigenvalue weighted by atomic mass is 10.2. The van der Waals surface area contributed by atoms with Crippen LogP contribution in [0, 0.1) is 0 Å². The first-order chi connectivity index (χ1) is 11.9. The van der Waals surface area contributed by atoms with E-state index in [2.05, 4.69) is 20.7 Å². The number of benzene rings is 1. The first kappa shape index (κ1) is 18.5. The van der Waals surface area contributed by atoms with Crippen LogP contribution in [-0.4, -0.2) is 31.1 Å². The monoisotopic (exact) mass is 361 g/mol. The molecule has 2 rings (SSSR count). The number of thiophene rings is 1. The number of hydrogen-bond acceptors (Lipinski definition) is 5. The minimum Gasteiger partial charge on any atom is -0.465 e. The van der Waals surface area contributed by atoms with E-state index in [0.29, 0.717) is 21.1 Å². The molecule has 0 aliphatic heterocycles. The SMILES string of the molecule is COC(=O)c1ccc(C(=O)Nc2cccc(NC(=O)NC(C)C)c2)s1. The molecule has 7 nitrogen and oxygen atoms in total. The number of esters is 1. The van der Waals surface area contributed by atoms with Crippen LogP contribution in [0.2, 0.25) is 0 Å².